The van der Waals surface area contributed by atoms with Gasteiger partial charge in [-0.1, -0.05) is 71.8 Å². The molecule has 15 nitrogen and oxygen atoms in total. The molecule has 0 bridgehead atoms. The summed E-state index contributed by atoms with van der Waals surface area (Å²) in [6.45, 7) is 4.67. The summed E-state index contributed by atoms with van der Waals surface area (Å²) in [6, 6.07) is 33.3. The molecule has 57 heavy (non-hydrogen) atoms. The first-order chi connectivity index (χ1) is 27.4. The summed E-state index contributed by atoms with van der Waals surface area (Å²) in [6.07, 6.45) is -0.258. The smallest absolute Gasteiger partial charge is 0.328 e. The van der Waals surface area contributed by atoms with Gasteiger partial charge in [0.2, 0.25) is 23.3 Å². The van der Waals surface area contributed by atoms with Crippen molar-refractivity contribution < 1.29 is 29.0 Å². The Balaban J connectivity index is 0.000000164. The van der Waals surface area contributed by atoms with Gasteiger partial charge < -0.3 is 19.6 Å². The van der Waals surface area contributed by atoms with Crippen LogP contribution in [-0.2, 0) is 22.8 Å². The number of hydrogen-bond donors (Lipinski definition) is 6. The van der Waals surface area contributed by atoms with E-state index in [0.29, 0.717) is 12.1 Å². The molecule has 1 fully saturated rings. The van der Waals surface area contributed by atoms with Crippen LogP contribution in [0.4, 0.5) is 4.79 Å². The van der Waals surface area contributed by atoms with E-state index >= 15 is 0 Å². The second-order valence-electron chi connectivity index (χ2n) is 12.8. The summed E-state index contributed by atoms with van der Waals surface area (Å²) in [7, 11) is 0. The number of ether oxygens (including phenoxy) is 2. The van der Waals surface area contributed by atoms with E-state index in [9.17, 15) is 33.9 Å². The van der Waals surface area contributed by atoms with Crippen LogP contribution < -0.4 is 36.9 Å². The Morgan fingerprint density at radius 3 is 1.75 bits per heavy atom. The molecule has 4 amide bonds. The molecule has 0 aliphatic carbocycles. The first kappa shape index (κ1) is 38.9. The van der Waals surface area contributed by atoms with Gasteiger partial charge >= 0.3 is 11.7 Å². The summed E-state index contributed by atoms with van der Waals surface area (Å²) in [5.74, 6) is -0.104. The van der Waals surface area contributed by atoms with Crippen LogP contribution in [0.25, 0.3) is 33.1 Å². The summed E-state index contributed by atoms with van der Waals surface area (Å²) < 4.78 is 11.6. The van der Waals surface area contributed by atoms with Crippen molar-refractivity contribution in [3.8, 4) is 28.6 Å². The standard InChI is InChI=1S/C21H17N3O4.C17H15NO2.C4H4N2O3/c1-12-6-8-14(9-7-12)28-11-13-10-17(22-16-5-3-2-4-15(13)16)18-19(25)23-21(27)24-20(18)26;1-12-6-8-14(9-7-12)20-11-13-10-17(19)18-16-5-3-2-4-15(13)16;7-2-1-3(8)6-4(9)5-2/h2-10H,11H2,1H3,(H3,23,24,25,26,27);2-10H,11H2,1H3,(H,18,19);1H2,(H2,5,6,7,8,9). The lowest BCUT2D eigenvalue weighted by molar-refractivity contribution is -0.129. The molecule has 288 valence electrons. The van der Waals surface area contributed by atoms with Crippen LogP contribution in [0.3, 0.4) is 0 Å². The maximum absolute atomic E-state index is 12.2. The molecule has 15 heteroatoms. The van der Waals surface area contributed by atoms with Crippen LogP contribution in [0, 0.1) is 13.8 Å². The van der Waals surface area contributed by atoms with Crippen LogP contribution in [0.2, 0.25) is 0 Å². The van der Waals surface area contributed by atoms with E-state index in [-0.39, 0.29) is 29.8 Å². The molecular formula is C42H36N6O9. The molecule has 6 N–H and O–H groups in total. The van der Waals surface area contributed by atoms with Gasteiger partial charge in [-0.05, 0) is 56.3 Å². The fourth-order valence-corrected chi connectivity index (χ4v) is 5.71. The lowest BCUT2D eigenvalue weighted by Crippen LogP contribution is -2.49. The topological polar surface area (TPSA) is 225 Å². The van der Waals surface area contributed by atoms with Crippen molar-refractivity contribution in [1.82, 2.24) is 30.6 Å². The Labute approximate surface area is 323 Å². The summed E-state index contributed by atoms with van der Waals surface area (Å²) in [5.41, 5.74) is 4.05. The second-order valence-corrected chi connectivity index (χ2v) is 12.8. The zero-order valence-electron chi connectivity index (χ0n) is 30.7. The minimum atomic E-state index is -0.782. The van der Waals surface area contributed by atoms with Crippen molar-refractivity contribution in [3.63, 3.8) is 0 Å². The molecule has 4 heterocycles. The van der Waals surface area contributed by atoms with Crippen molar-refractivity contribution in [2.24, 2.45) is 0 Å². The number of barbiturate groups is 1. The largest absolute Gasteiger partial charge is 0.494 e. The van der Waals surface area contributed by atoms with Gasteiger partial charge in [-0.25, -0.2) is 14.6 Å². The van der Waals surface area contributed by atoms with Crippen molar-refractivity contribution in [3.05, 3.63) is 163 Å². The molecule has 4 aromatic carbocycles. The summed E-state index contributed by atoms with van der Waals surface area (Å²) in [4.78, 5) is 77.6. The predicted octanol–water partition coefficient (Wildman–Crippen LogP) is 5.03. The molecule has 0 unspecified atom stereocenters. The van der Waals surface area contributed by atoms with Crippen LogP contribution in [0.5, 0.6) is 17.4 Å². The quantitative estimate of drug-likeness (QED) is 0.119. The van der Waals surface area contributed by atoms with Crippen LogP contribution >= 0.6 is 0 Å². The number of nitrogens with zero attached hydrogens (tertiary/aromatic N) is 1. The SMILES string of the molecule is Cc1ccc(OCc2cc(-c3c(O)[nH]c(=O)[nH]c3=O)nc3ccccc23)cc1.Cc1ccc(OCc2cc(=O)[nH]c3ccccc23)cc1.O=C1CC(=O)NC(=O)N1. The number of H-pyrrole nitrogens is 3. The highest BCUT2D eigenvalue weighted by Gasteiger charge is 2.20. The highest BCUT2D eigenvalue weighted by atomic mass is 16.5. The maximum Gasteiger partial charge on any atom is 0.328 e. The van der Waals surface area contributed by atoms with Gasteiger partial charge in [0.05, 0.1) is 11.2 Å². The van der Waals surface area contributed by atoms with Crippen molar-refractivity contribution in [2.75, 3.05) is 0 Å². The normalized spacial score (nSPS) is 12.1. The van der Waals surface area contributed by atoms with Gasteiger partial charge in [-0.15, -0.1) is 0 Å². The minimum absolute atomic E-state index is 0.0954. The first-order valence-corrected chi connectivity index (χ1v) is 17.5. The van der Waals surface area contributed by atoms with Crippen molar-refractivity contribution in [1.29, 1.82) is 0 Å². The number of benzene rings is 4. The van der Waals surface area contributed by atoms with E-state index < -0.39 is 35.0 Å². The number of fused-ring (bicyclic) bond motifs is 2. The average Bonchev–Trinajstić information content (AvgIpc) is 3.17. The minimum Gasteiger partial charge on any atom is -0.494 e. The Kier molecular flexibility index (Phi) is 12.0. The fourth-order valence-electron chi connectivity index (χ4n) is 5.71. The van der Waals surface area contributed by atoms with E-state index in [2.05, 4.69) is 19.9 Å². The number of rotatable bonds is 7. The monoisotopic (exact) mass is 768 g/mol. The van der Waals surface area contributed by atoms with E-state index in [4.69, 9.17) is 9.47 Å². The van der Waals surface area contributed by atoms with Crippen LogP contribution in [0.15, 0.2) is 124 Å². The summed E-state index contributed by atoms with van der Waals surface area (Å²) in [5, 5.41) is 15.8. The Morgan fingerprint density at radius 1 is 0.632 bits per heavy atom. The lowest BCUT2D eigenvalue weighted by atomic mass is 10.1. The molecule has 3 aromatic heterocycles. The van der Waals surface area contributed by atoms with Gasteiger partial charge in [-0.2, -0.15) is 0 Å². The molecule has 0 spiro atoms. The first-order valence-electron chi connectivity index (χ1n) is 17.5. The molecule has 7 aromatic rings. The Hall–Kier alpha value is -7.81. The van der Waals surface area contributed by atoms with E-state index in [1.54, 1.807) is 12.1 Å². The number of aromatic nitrogens is 4. The van der Waals surface area contributed by atoms with Gasteiger partial charge in [-0.3, -0.25) is 39.8 Å². The van der Waals surface area contributed by atoms with Crippen molar-refractivity contribution in [2.45, 2.75) is 33.5 Å². The maximum atomic E-state index is 12.2. The van der Waals surface area contributed by atoms with Gasteiger partial charge in [0, 0.05) is 33.5 Å². The van der Waals surface area contributed by atoms with Gasteiger partial charge in [0.15, 0.2) is 0 Å². The van der Waals surface area contributed by atoms with E-state index in [0.717, 1.165) is 44.5 Å². The number of para-hydroxylation sites is 2. The highest BCUT2D eigenvalue weighted by molar-refractivity contribution is 6.14. The molecular weight excluding hydrogens is 732 g/mol. The number of carbonyl (C=O) groups excluding carboxylic acids is 3. The number of carbonyl (C=O) groups is 3. The molecule has 1 aliphatic heterocycles. The molecule has 0 atom stereocenters. The summed E-state index contributed by atoms with van der Waals surface area (Å²) >= 11 is 0. The van der Waals surface area contributed by atoms with E-state index in [1.807, 2.05) is 122 Å². The number of nitrogens with one attached hydrogen (secondary N) is 5. The number of hydrogen-bond acceptors (Lipinski definition) is 10. The number of aryl methyl sites for hydroxylation is 2. The number of aromatic amines is 3. The van der Waals surface area contributed by atoms with Gasteiger partial charge in [0.25, 0.3) is 5.56 Å². The Bertz CT molecular complexity index is 2730. The number of amides is 4. The Morgan fingerprint density at radius 2 is 1.18 bits per heavy atom. The molecule has 0 saturated carbocycles. The number of urea groups is 1. The fraction of sp³-hybridized carbons (Fsp3) is 0.119. The van der Waals surface area contributed by atoms with Crippen LogP contribution in [0.1, 0.15) is 28.7 Å². The second kappa shape index (κ2) is 17.6. The van der Waals surface area contributed by atoms with E-state index in [1.165, 1.54) is 5.56 Å². The third-order valence-electron chi connectivity index (χ3n) is 8.47. The molecule has 8 rings (SSSR count). The number of imide groups is 2. The average molecular weight is 769 g/mol. The molecule has 1 aliphatic rings. The van der Waals surface area contributed by atoms with Crippen LogP contribution in [-0.4, -0.2) is 42.9 Å². The number of pyridine rings is 2. The highest BCUT2D eigenvalue weighted by Crippen LogP contribution is 2.27. The van der Waals surface area contributed by atoms with Crippen molar-refractivity contribution >= 4 is 39.7 Å². The van der Waals surface area contributed by atoms with Gasteiger partial charge in [0.1, 0.15) is 36.7 Å². The zero-order chi connectivity index (χ0) is 40.5. The molecule has 0 radical (unpaired) electrons. The third-order valence-corrected chi connectivity index (χ3v) is 8.47. The third kappa shape index (κ3) is 10.2. The molecule has 1 saturated heterocycles. The zero-order valence-corrected chi connectivity index (χ0v) is 30.7. The lowest BCUT2D eigenvalue weighted by Gasteiger charge is -2.12. The predicted molar refractivity (Wildman–Crippen MR) is 212 cm³/mol. The number of aromatic hydroxyl groups is 1.